The lowest BCUT2D eigenvalue weighted by Gasteiger charge is -2.04. The molecule has 1 aromatic rings. The Hall–Kier alpha value is -1.03. The zero-order valence-electron chi connectivity index (χ0n) is 6.89. The molecule has 0 atom stereocenters. The third-order valence-electron chi connectivity index (χ3n) is 1.35. The van der Waals surface area contributed by atoms with Gasteiger partial charge in [0.25, 0.3) is 0 Å². The van der Waals surface area contributed by atoms with Crippen molar-refractivity contribution in [3.8, 4) is 0 Å². The van der Waals surface area contributed by atoms with Crippen molar-refractivity contribution in [2.45, 2.75) is 26.4 Å². The number of anilines is 1. The molecule has 4 nitrogen and oxygen atoms in total. The predicted octanol–water partition coefficient (Wildman–Crippen LogP) is 0.490. The van der Waals surface area contributed by atoms with E-state index in [4.69, 9.17) is 5.73 Å². The van der Waals surface area contributed by atoms with Crippen LogP contribution in [0.2, 0.25) is 0 Å². The third-order valence-corrected chi connectivity index (χ3v) is 1.35. The minimum absolute atomic E-state index is 0.477. The van der Waals surface area contributed by atoms with E-state index in [0.29, 0.717) is 12.0 Å². The van der Waals surface area contributed by atoms with E-state index in [1.807, 2.05) is 0 Å². The summed E-state index contributed by atoms with van der Waals surface area (Å²) in [7, 11) is 0. The third kappa shape index (κ3) is 2.59. The van der Waals surface area contributed by atoms with Crippen molar-refractivity contribution in [1.82, 2.24) is 15.3 Å². The van der Waals surface area contributed by atoms with Crippen LogP contribution in [0.3, 0.4) is 0 Å². The van der Waals surface area contributed by atoms with E-state index >= 15 is 0 Å². The highest BCUT2D eigenvalue weighted by Gasteiger charge is 1.97. The number of nitrogens with zero attached hydrogens (tertiary/aromatic N) is 1. The highest BCUT2D eigenvalue weighted by Crippen LogP contribution is 1.96. The lowest BCUT2D eigenvalue weighted by Crippen LogP contribution is -2.21. The molecule has 11 heavy (non-hydrogen) atoms. The first kappa shape index (κ1) is 8.07. The van der Waals surface area contributed by atoms with E-state index in [-0.39, 0.29) is 0 Å². The monoisotopic (exact) mass is 154 g/mol. The Kier molecular flexibility index (Phi) is 2.48. The molecule has 4 heteroatoms. The molecule has 0 saturated carbocycles. The number of aromatic nitrogens is 2. The van der Waals surface area contributed by atoms with Gasteiger partial charge in [-0.1, -0.05) is 13.8 Å². The highest BCUT2D eigenvalue weighted by molar-refractivity contribution is 5.18. The van der Waals surface area contributed by atoms with Crippen molar-refractivity contribution in [1.29, 1.82) is 0 Å². The Morgan fingerprint density at radius 1 is 1.73 bits per heavy atom. The van der Waals surface area contributed by atoms with Crippen molar-refractivity contribution < 1.29 is 0 Å². The minimum atomic E-state index is 0.477. The Morgan fingerprint density at radius 2 is 2.45 bits per heavy atom. The summed E-state index contributed by atoms with van der Waals surface area (Å²) in [6.45, 7) is 4.99. The highest BCUT2D eigenvalue weighted by atomic mass is 15.0. The summed E-state index contributed by atoms with van der Waals surface area (Å²) in [6, 6.07) is 0.486. The Morgan fingerprint density at radius 3 is 2.91 bits per heavy atom. The number of imidazole rings is 1. The van der Waals surface area contributed by atoms with Crippen LogP contribution in [-0.2, 0) is 6.54 Å². The van der Waals surface area contributed by atoms with Gasteiger partial charge in [0.05, 0.1) is 11.9 Å². The van der Waals surface area contributed by atoms with Gasteiger partial charge in [-0.15, -0.1) is 0 Å². The number of nitrogens with two attached hydrogens (primary N) is 1. The maximum absolute atomic E-state index is 5.39. The Labute approximate surface area is 66.2 Å². The summed E-state index contributed by atoms with van der Waals surface area (Å²) in [6.07, 6.45) is 1.74. The first-order valence-electron chi connectivity index (χ1n) is 3.71. The summed E-state index contributed by atoms with van der Waals surface area (Å²) in [4.78, 5) is 6.81. The summed E-state index contributed by atoms with van der Waals surface area (Å²) >= 11 is 0. The van der Waals surface area contributed by atoms with Crippen molar-refractivity contribution in [3.63, 3.8) is 0 Å². The van der Waals surface area contributed by atoms with Gasteiger partial charge in [-0.05, 0) is 0 Å². The van der Waals surface area contributed by atoms with Gasteiger partial charge in [-0.25, -0.2) is 4.98 Å². The van der Waals surface area contributed by atoms with Crippen molar-refractivity contribution in [2.24, 2.45) is 0 Å². The van der Waals surface area contributed by atoms with E-state index in [2.05, 4.69) is 29.1 Å². The Bertz CT molecular complexity index is 216. The van der Waals surface area contributed by atoms with Crippen LogP contribution in [0.5, 0.6) is 0 Å². The summed E-state index contributed by atoms with van der Waals surface area (Å²) in [5.41, 5.74) is 6.41. The average Bonchev–Trinajstić information content (AvgIpc) is 2.31. The normalized spacial score (nSPS) is 10.8. The van der Waals surface area contributed by atoms with Gasteiger partial charge in [-0.3, -0.25) is 0 Å². The van der Waals surface area contributed by atoms with Gasteiger partial charge in [0, 0.05) is 12.6 Å². The fourth-order valence-corrected chi connectivity index (χ4v) is 0.780. The van der Waals surface area contributed by atoms with Gasteiger partial charge in [-0.2, -0.15) is 0 Å². The smallest absolute Gasteiger partial charge is 0.197 e. The van der Waals surface area contributed by atoms with Crippen LogP contribution in [0.1, 0.15) is 19.5 Å². The van der Waals surface area contributed by atoms with Gasteiger partial charge in [0.2, 0.25) is 0 Å². The van der Waals surface area contributed by atoms with Gasteiger partial charge in [0.15, 0.2) is 5.95 Å². The lowest BCUT2D eigenvalue weighted by molar-refractivity contribution is 0.583. The fourth-order valence-electron chi connectivity index (χ4n) is 0.780. The number of rotatable bonds is 3. The topological polar surface area (TPSA) is 66.7 Å². The zero-order valence-corrected chi connectivity index (χ0v) is 6.89. The Balaban J connectivity index is 2.39. The van der Waals surface area contributed by atoms with E-state index in [9.17, 15) is 0 Å². The van der Waals surface area contributed by atoms with Gasteiger partial charge >= 0.3 is 0 Å². The molecule has 1 heterocycles. The van der Waals surface area contributed by atoms with Crippen molar-refractivity contribution >= 4 is 5.95 Å². The van der Waals surface area contributed by atoms with Gasteiger partial charge in [0.1, 0.15) is 0 Å². The number of aromatic amines is 1. The quantitative estimate of drug-likeness (QED) is 0.593. The molecule has 0 aromatic carbocycles. The van der Waals surface area contributed by atoms with E-state index in [0.717, 1.165) is 12.2 Å². The molecule has 0 saturated heterocycles. The van der Waals surface area contributed by atoms with Crippen molar-refractivity contribution in [3.05, 3.63) is 11.9 Å². The number of H-pyrrole nitrogens is 1. The van der Waals surface area contributed by atoms with Crippen LogP contribution in [0, 0.1) is 0 Å². The summed E-state index contributed by atoms with van der Waals surface area (Å²) in [5, 5.41) is 3.25. The van der Waals surface area contributed by atoms with Crippen LogP contribution < -0.4 is 11.1 Å². The molecule has 0 radical (unpaired) electrons. The van der Waals surface area contributed by atoms with Crippen LogP contribution in [0.4, 0.5) is 5.95 Å². The summed E-state index contributed by atoms with van der Waals surface area (Å²) in [5.74, 6) is 0.477. The SMILES string of the molecule is CC(C)NCc1cnc(N)[nH]1. The van der Waals surface area contributed by atoms with E-state index in [1.54, 1.807) is 6.20 Å². The molecular weight excluding hydrogens is 140 g/mol. The molecule has 4 N–H and O–H groups in total. The molecule has 1 aromatic heterocycles. The average molecular weight is 154 g/mol. The van der Waals surface area contributed by atoms with Crippen LogP contribution >= 0.6 is 0 Å². The lowest BCUT2D eigenvalue weighted by atomic mass is 10.4. The largest absolute Gasteiger partial charge is 0.369 e. The van der Waals surface area contributed by atoms with Crippen molar-refractivity contribution in [2.75, 3.05) is 5.73 Å². The molecule has 1 rings (SSSR count). The molecule has 0 aliphatic heterocycles. The molecule has 62 valence electrons. The van der Waals surface area contributed by atoms with Gasteiger partial charge < -0.3 is 16.0 Å². The first-order chi connectivity index (χ1) is 5.18. The maximum atomic E-state index is 5.39. The number of nitrogens with one attached hydrogen (secondary N) is 2. The summed E-state index contributed by atoms with van der Waals surface area (Å²) < 4.78 is 0. The fraction of sp³-hybridized carbons (Fsp3) is 0.571. The second-order valence-electron chi connectivity index (χ2n) is 2.83. The molecule has 0 amide bonds. The molecule has 0 aliphatic carbocycles. The second-order valence-corrected chi connectivity index (χ2v) is 2.83. The number of nitrogen functional groups attached to an aromatic ring is 1. The molecule has 0 spiro atoms. The maximum Gasteiger partial charge on any atom is 0.197 e. The van der Waals surface area contributed by atoms with E-state index in [1.165, 1.54) is 0 Å². The molecule has 0 bridgehead atoms. The minimum Gasteiger partial charge on any atom is -0.369 e. The first-order valence-corrected chi connectivity index (χ1v) is 3.71. The number of hydrogen-bond donors (Lipinski definition) is 3. The molecule has 0 unspecified atom stereocenters. The van der Waals surface area contributed by atoms with E-state index < -0.39 is 0 Å². The second kappa shape index (κ2) is 3.39. The van der Waals surface area contributed by atoms with Crippen LogP contribution in [0.25, 0.3) is 0 Å². The molecule has 0 fully saturated rings. The standard InChI is InChI=1S/C7H14N4/c1-5(2)9-3-6-4-10-7(8)11-6/h4-5,9H,3H2,1-2H3,(H3,8,10,11). The van der Waals surface area contributed by atoms with Crippen LogP contribution in [0.15, 0.2) is 6.20 Å². The molecule has 0 aliphatic rings. The molecular formula is C7H14N4. The van der Waals surface area contributed by atoms with Crippen LogP contribution in [-0.4, -0.2) is 16.0 Å². The number of hydrogen-bond acceptors (Lipinski definition) is 3. The zero-order chi connectivity index (χ0) is 8.27. The predicted molar refractivity (Wildman–Crippen MR) is 45.0 cm³/mol.